The highest BCUT2D eigenvalue weighted by atomic mass is 32.2. The van der Waals surface area contributed by atoms with Crippen LogP contribution >= 0.6 is 11.8 Å². The van der Waals surface area contributed by atoms with E-state index in [0.29, 0.717) is 24.5 Å². The lowest BCUT2D eigenvalue weighted by molar-refractivity contribution is -0.129. The molecule has 0 aromatic heterocycles. The number of rotatable bonds is 4. The molecule has 0 aliphatic carbocycles. The van der Waals surface area contributed by atoms with E-state index in [-0.39, 0.29) is 11.8 Å². The minimum atomic E-state index is -0.210. The van der Waals surface area contributed by atoms with E-state index >= 15 is 0 Å². The van der Waals surface area contributed by atoms with Crippen molar-refractivity contribution < 1.29 is 9.53 Å². The molecule has 1 saturated heterocycles. The number of hydrogen-bond donors (Lipinski definition) is 0. The number of benzene rings is 2. The van der Waals surface area contributed by atoms with Crippen molar-refractivity contribution >= 4 is 29.0 Å². The van der Waals surface area contributed by atoms with Gasteiger partial charge in [-0.05, 0) is 42.0 Å². The molecule has 6 nitrogen and oxygen atoms in total. The van der Waals surface area contributed by atoms with Gasteiger partial charge in [0.15, 0.2) is 0 Å². The van der Waals surface area contributed by atoms with Crippen LogP contribution in [0.4, 0.5) is 11.4 Å². The Bertz CT molecular complexity index is 1010. The van der Waals surface area contributed by atoms with E-state index in [9.17, 15) is 10.1 Å². The van der Waals surface area contributed by atoms with E-state index in [1.807, 2.05) is 38.4 Å². The molecule has 0 saturated carbocycles. The fourth-order valence-electron chi connectivity index (χ4n) is 3.81. The van der Waals surface area contributed by atoms with Crippen molar-refractivity contribution in [1.29, 1.82) is 5.26 Å². The summed E-state index contributed by atoms with van der Waals surface area (Å²) in [6, 6.07) is 18.3. The lowest BCUT2D eigenvalue weighted by atomic mass is 9.86. The minimum Gasteiger partial charge on any atom is -0.497 e. The Labute approximate surface area is 181 Å². The van der Waals surface area contributed by atoms with Crippen molar-refractivity contribution in [3.8, 4) is 11.8 Å². The van der Waals surface area contributed by atoms with Gasteiger partial charge in [-0.1, -0.05) is 23.9 Å². The quantitative estimate of drug-likeness (QED) is 0.746. The Morgan fingerprint density at radius 3 is 2.43 bits per heavy atom. The summed E-state index contributed by atoms with van der Waals surface area (Å²) < 4.78 is 5.23. The van der Waals surface area contributed by atoms with Gasteiger partial charge in [0.25, 0.3) is 0 Å². The van der Waals surface area contributed by atoms with Crippen LogP contribution in [-0.4, -0.2) is 44.6 Å². The molecule has 2 heterocycles. The van der Waals surface area contributed by atoms with Gasteiger partial charge < -0.3 is 14.5 Å². The normalized spacial score (nSPS) is 18.7. The third kappa shape index (κ3) is 3.71. The number of amides is 1. The Balaban J connectivity index is 1.60. The fraction of sp³-hybridized carbons (Fsp3) is 0.304. The van der Waals surface area contributed by atoms with E-state index < -0.39 is 0 Å². The number of hydrogen-bond acceptors (Lipinski definition) is 6. The van der Waals surface area contributed by atoms with Gasteiger partial charge in [-0.2, -0.15) is 5.26 Å². The van der Waals surface area contributed by atoms with E-state index in [2.05, 4.69) is 40.1 Å². The smallest absolute Gasteiger partial charge is 0.229 e. The number of allylic oxidation sites excluding steroid dienone is 1. The first-order chi connectivity index (χ1) is 14.5. The maximum atomic E-state index is 13.0. The van der Waals surface area contributed by atoms with Crippen molar-refractivity contribution in [2.45, 2.75) is 12.3 Å². The Kier molecular flexibility index (Phi) is 5.60. The molecule has 2 aliphatic heterocycles. The van der Waals surface area contributed by atoms with Crippen molar-refractivity contribution in [3.05, 3.63) is 64.7 Å². The SMILES string of the molecule is COc1ccc(C2CC(=O)N3CN(c4ccc(N(C)C)cc4)CSC3=C2C#N)cc1. The molecule has 2 aromatic carbocycles. The van der Waals surface area contributed by atoms with Gasteiger partial charge in [0.2, 0.25) is 5.91 Å². The predicted octanol–water partition coefficient (Wildman–Crippen LogP) is 3.98. The molecule has 0 N–H and O–H groups in total. The Morgan fingerprint density at radius 1 is 1.13 bits per heavy atom. The summed E-state index contributed by atoms with van der Waals surface area (Å²) in [5.41, 5.74) is 3.84. The molecule has 2 aliphatic rings. The lowest BCUT2D eigenvalue weighted by Crippen LogP contribution is -2.47. The van der Waals surface area contributed by atoms with Gasteiger partial charge in [-0.15, -0.1) is 0 Å². The Hall–Kier alpha value is -3.11. The molecule has 30 heavy (non-hydrogen) atoms. The van der Waals surface area contributed by atoms with Gasteiger partial charge in [-0.25, -0.2) is 0 Å². The molecule has 154 valence electrons. The van der Waals surface area contributed by atoms with Crippen LogP contribution < -0.4 is 14.5 Å². The van der Waals surface area contributed by atoms with Crippen molar-refractivity contribution in [2.75, 3.05) is 43.6 Å². The van der Waals surface area contributed by atoms with Crippen LogP contribution in [0.3, 0.4) is 0 Å². The maximum Gasteiger partial charge on any atom is 0.229 e. The summed E-state index contributed by atoms with van der Waals surface area (Å²) in [7, 11) is 5.65. The standard InChI is InChI=1S/C23H24N4O2S/c1-25(2)17-6-8-18(9-7-17)26-14-27-22(28)12-20(21(13-24)23(27)30-15-26)16-4-10-19(29-3)11-5-16/h4-11,20H,12,14-15H2,1-3H3. The van der Waals surface area contributed by atoms with Crippen LogP contribution in [0.15, 0.2) is 59.1 Å². The van der Waals surface area contributed by atoms with E-state index in [4.69, 9.17) is 4.74 Å². The summed E-state index contributed by atoms with van der Waals surface area (Å²) in [6.07, 6.45) is 0.298. The van der Waals surface area contributed by atoms with Crippen LogP contribution in [-0.2, 0) is 4.79 Å². The minimum absolute atomic E-state index is 0.0481. The molecule has 1 unspecified atom stereocenters. The van der Waals surface area contributed by atoms with E-state index in [0.717, 1.165) is 27.7 Å². The van der Waals surface area contributed by atoms with Crippen LogP contribution in [0.25, 0.3) is 0 Å². The second-order valence-corrected chi connectivity index (χ2v) is 8.48. The Morgan fingerprint density at radius 2 is 1.83 bits per heavy atom. The van der Waals surface area contributed by atoms with Crippen LogP contribution in [0.1, 0.15) is 17.9 Å². The van der Waals surface area contributed by atoms with E-state index in [1.165, 1.54) is 0 Å². The maximum absolute atomic E-state index is 13.0. The molecule has 1 fully saturated rings. The summed E-state index contributed by atoms with van der Waals surface area (Å²) in [6.45, 7) is 0.461. The molecule has 0 radical (unpaired) electrons. The highest BCUT2D eigenvalue weighted by Gasteiger charge is 2.38. The van der Waals surface area contributed by atoms with Crippen LogP contribution in [0.5, 0.6) is 5.75 Å². The summed E-state index contributed by atoms with van der Waals surface area (Å²) in [4.78, 5) is 19.0. The average Bonchev–Trinajstić information content (AvgIpc) is 2.79. The molecule has 4 rings (SSSR count). The van der Waals surface area contributed by atoms with Crippen LogP contribution in [0.2, 0.25) is 0 Å². The monoisotopic (exact) mass is 420 g/mol. The van der Waals surface area contributed by atoms with Crippen molar-refractivity contribution in [2.24, 2.45) is 0 Å². The predicted molar refractivity (Wildman–Crippen MR) is 120 cm³/mol. The van der Waals surface area contributed by atoms with Crippen molar-refractivity contribution in [3.63, 3.8) is 0 Å². The zero-order chi connectivity index (χ0) is 21.3. The van der Waals surface area contributed by atoms with E-state index in [1.54, 1.807) is 23.8 Å². The number of carbonyl (C=O) groups excluding carboxylic acids is 1. The average molecular weight is 421 g/mol. The second-order valence-electron chi connectivity index (χ2n) is 7.55. The number of thioether (sulfide) groups is 1. The third-order valence-corrected chi connectivity index (χ3v) is 6.70. The zero-order valence-electron chi connectivity index (χ0n) is 17.3. The second kappa shape index (κ2) is 8.33. The molecular formula is C23H24N4O2S. The topological polar surface area (TPSA) is 59.8 Å². The highest BCUT2D eigenvalue weighted by molar-refractivity contribution is 8.03. The molecule has 1 amide bonds. The molecule has 1 atom stereocenters. The van der Waals surface area contributed by atoms with Gasteiger partial charge in [0.1, 0.15) is 5.75 Å². The number of nitrogens with zero attached hydrogens (tertiary/aromatic N) is 4. The first-order valence-corrected chi connectivity index (χ1v) is 10.7. The van der Waals surface area contributed by atoms with Gasteiger partial charge >= 0.3 is 0 Å². The van der Waals surface area contributed by atoms with Crippen molar-refractivity contribution in [1.82, 2.24) is 4.90 Å². The highest BCUT2D eigenvalue weighted by Crippen LogP contribution is 2.43. The number of anilines is 2. The number of nitriles is 1. The molecule has 0 spiro atoms. The molecule has 0 bridgehead atoms. The van der Waals surface area contributed by atoms with Gasteiger partial charge in [0.05, 0.1) is 36.3 Å². The lowest BCUT2D eigenvalue weighted by Gasteiger charge is -2.42. The summed E-state index contributed by atoms with van der Waals surface area (Å²) in [5.74, 6) is 1.29. The summed E-state index contributed by atoms with van der Waals surface area (Å²) in [5, 5.41) is 10.7. The van der Waals surface area contributed by atoms with Gasteiger partial charge in [-0.3, -0.25) is 9.69 Å². The first-order valence-electron chi connectivity index (χ1n) is 9.75. The summed E-state index contributed by atoms with van der Waals surface area (Å²) >= 11 is 1.56. The molecule has 2 aromatic rings. The van der Waals surface area contributed by atoms with Gasteiger partial charge in [0, 0.05) is 37.8 Å². The van der Waals surface area contributed by atoms with Crippen LogP contribution in [0, 0.1) is 11.3 Å². The largest absolute Gasteiger partial charge is 0.497 e. The molecule has 7 heteroatoms. The third-order valence-electron chi connectivity index (χ3n) is 5.54. The first kappa shape index (κ1) is 20.2. The zero-order valence-corrected chi connectivity index (χ0v) is 18.1. The number of methoxy groups -OCH3 is 1. The number of carbonyl (C=O) groups is 1. The fourth-order valence-corrected chi connectivity index (χ4v) is 4.98. The number of ether oxygens (including phenoxy) is 1. The molecular weight excluding hydrogens is 396 g/mol. The number of fused-ring (bicyclic) bond motifs is 1.